The molecule has 162 valence electrons. The number of anilines is 1. The Labute approximate surface area is 182 Å². The highest BCUT2D eigenvalue weighted by molar-refractivity contribution is 6.34. The van der Waals surface area contributed by atoms with E-state index in [9.17, 15) is 14.4 Å². The lowest BCUT2D eigenvalue weighted by atomic mass is 9.89. The molecule has 0 aromatic heterocycles. The van der Waals surface area contributed by atoms with Crippen LogP contribution in [-0.4, -0.2) is 66.9 Å². The number of piperazine rings is 1. The van der Waals surface area contributed by atoms with Crippen molar-refractivity contribution < 1.29 is 14.4 Å². The average Bonchev–Trinajstić information content (AvgIpc) is 2.75. The van der Waals surface area contributed by atoms with Crippen molar-refractivity contribution in [1.29, 1.82) is 0 Å². The Kier molecular flexibility index (Phi) is 6.58. The fraction of sp³-hybridized carbons (Fsp3) is 0.591. The van der Waals surface area contributed by atoms with Crippen molar-refractivity contribution in [3.63, 3.8) is 0 Å². The van der Waals surface area contributed by atoms with E-state index < -0.39 is 6.03 Å². The molecule has 0 bridgehead atoms. The van der Waals surface area contributed by atoms with E-state index in [4.69, 9.17) is 11.6 Å². The van der Waals surface area contributed by atoms with E-state index in [0.29, 0.717) is 29.4 Å². The molecule has 1 aliphatic carbocycles. The fourth-order valence-corrected chi connectivity index (χ4v) is 4.92. The number of amides is 4. The van der Waals surface area contributed by atoms with Crippen LogP contribution in [0.1, 0.15) is 48.9 Å². The zero-order chi connectivity index (χ0) is 21.1. The molecule has 0 atom stereocenters. The molecule has 3 aliphatic rings. The molecule has 1 N–H and O–H groups in total. The highest BCUT2D eigenvalue weighted by Gasteiger charge is 2.28. The topological polar surface area (TPSA) is 73.0 Å². The molecule has 1 saturated carbocycles. The van der Waals surface area contributed by atoms with Crippen LogP contribution in [0.4, 0.5) is 10.5 Å². The summed E-state index contributed by atoms with van der Waals surface area (Å²) in [6.45, 7) is 4.63. The quantitative estimate of drug-likeness (QED) is 0.793. The minimum absolute atomic E-state index is 0.0428. The number of hydrogen-bond acceptors (Lipinski definition) is 4. The van der Waals surface area contributed by atoms with Crippen LogP contribution in [0.3, 0.4) is 0 Å². The summed E-state index contributed by atoms with van der Waals surface area (Å²) >= 11 is 6.30. The van der Waals surface area contributed by atoms with Gasteiger partial charge in [-0.05, 0) is 37.0 Å². The second kappa shape index (κ2) is 9.35. The number of imide groups is 1. The van der Waals surface area contributed by atoms with Gasteiger partial charge in [0.15, 0.2) is 0 Å². The SMILES string of the molecule is O=C1CCN(c2cc(C(=O)N3CCN(CC4CCCCC4)CC3)ccc2Cl)C(=O)N1. The zero-order valence-corrected chi connectivity index (χ0v) is 18.0. The Morgan fingerprint density at radius 3 is 2.47 bits per heavy atom. The first kappa shape index (κ1) is 21.1. The van der Waals surface area contributed by atoms with Crippen LogP contribution in [0.15, 0.2) is 18.2 Å². The van der Waals surface area contributed by atoms with Gasteiger partial charge in [0.2, 0.25) is 5.91 Å². The molecular weight excluding hydrogens is 404 g/mol. The largest absolute Gasteiger partial charge is 0.336 e. The zero-order valence-electron chi connectivity index (χ0n) is 17.2. The van der Waals surface area contributed by atoms with Gasteiger partial charge in [0.05, 0.1) is 10.7 Å². The molecule has 4 rings (SSSR count). The van der Waals surface area contributed by atoms with Gasteiger partial charge in [-0.3, -0.25) is 24.7 Å². The highest BCUT2D eigenvalue weighted by Crippen LogP contribution is 2.29. The molecule has 0 spiro atoms. The van der Waals surface area contributed by atoms with E-state index in [1.54, 1.807) is 18.2 Å². The van der Waals surface area contributed by atoms with E-state index in [2.05, 4.69) is 10.2 Å². The number of hydrogen-bond donors (Lipinski definition) is 1. The number of nitrogens with zero attached hydrogens (tertiary/aromatic N) is 3. The van der Waals surface area contributed by atoms with Crippen LogP contribution >= 0.6 is 11.6 Å². The molecule has 1 aromatic carbocycles. The maximum atomic E-state index is 13.1. The predicted molar refractivity (Wildman–Crippen MR) is 116 cm³/mol. The van der Waals surface area contributed by atoms with E-state index in [1.807, 2.05) is 4.90 Å². The van der Waals surface area contributed by atoms with Crippen molar-refractivity contribution in [2.24, 2.45) is 5.92 Å². The molecule has 2 aliphatic heterocycles. The Balaban J connectivity index is 1.38. The van der Waals surface area contributed by atoms with Gasteiger partial charge >= 0.3 is 6.03 Å². The Bertz CT molecular complexity index is 817. The van der Waals surface area contributed by atoms with Gasteiger partial charge in [-0.1, -0.05) is 30.9 Å². The molecular formula is C22H29ClN4O3. The van der Waals surface area contributed by atoms with E-state index in [-0.39, 0.29) is 24.8 Å². The molecule has 0 radical (unpaired) electrons. The fourth-order valence-electron chi connectivity index (χ4n) is 4.70. The maximum Gasteiger partial charge on any atom is 0.328 e. The summed E-state index contributed by atoms with van der Waals surface area (Å²) in [6, 6.07) is 4.51. The predicted octanol–water partition coefficient (Wildman–Crippen LogP) is 3.12. The summed E-state index contributed by atoms with van der Waals surface area (Å²) in [4.78, 5) is 42.4. The number of urea groups is 1. The second-order valence-corrected chi connectivity index (χ2v) is 8.93. The van der Waals surface area contributed by atoms with Crippen LogP contribution in [0, 0.1) is 5.92 Å². The minimum Gasteiger partial charge on any atom is -0.336 e. The second-order valence-electron chi connectivity index (χ2n) is 8.52. The lowest BCUT2D eigenvalue weighted by molar-refractivity contribution is -0.120. The number of nitrogens with one attached hydrogen (secondary N) is 1. The number of carbonyl (C=O) groups is 3. The molecule has 2 heterocycles. The van der Waals surface area contributed by atoms with Crippen molar-refractivity contribution in [1.82, 2.24) is 15.1 Å². The third-order valence-electron chi connectivity index (χ3n) is 6.44. The monoisotopic (exact) mass is 432 g/mol. The van der Waals surface area contributed by atoms with Gasteiger partial charge in [0.25, 0.3) is 5.91 Å². The summed E-state index contributed by atoms with van der Waals surface area (Å²) in [6.07, 6.45) is 6.96. The van der Waals surface area contributed by atoms with Gasteiger partial charge in [0.1, 0.15) is 0 Å². The van der Waals surface area contributed by atoms with Crippen LogP contribution in [0.5, 0.6) is 0 Å². The molecule has 3 fully saturated rings. The normalized spacial score (nSPS) is 21.6. The average molecular weight is 433 g/mol. The standard InChI is InChI=1S/C22H29ClN4O3/c23-18-7-6-17(14-19(18)27-9-8-20(28)24-22(27)30)21(29)26-12-10-25(11-13-26)15-16-4-2-1-3-5-16/h6-7,14,16H,1-5,8-13,15H2,(H,24,28,30). The van der Waals surface area contributed by atoms with Crippen LogP contribution in [-0.2, 0) is 4.79 Å². The van der Waals surface area contributed by atoms with Crippen molar-refractivity contribution >= 4 is 35.1 Å². The van der Waals surface area contributed by atoms with Gasteiger partial charge in [-0.2, -0.15) is 0 Å². The van der Waals surface area contributed by atoms with Gasteiger partial charge < -0.3 is 4.90 Å². The first-order valence-electron chi connectivity index (χ1n) is 10.9. The van der Waals surface area contributed by atoms with Crippen molar-refractivity contribution in [2.75, 3.05) is 44.2 Å². The number of benzene rings is 1. The number of rotatable bonds is 4. The van der Waals surface area contributed by atoms with Crippen LogP contribution in [0.25, 0.3) is 0 Å². The third-order valence-corrected chi connectivity index (χ3v) is 6.76. The van der Waals surface area contributed by atoms with E-state index in [1.165, 1.54) is 37.0 Å². The Hall–Kier alpha value is -2.12. The lowest BCUT2D eigenvalue weighted by Gasteiger charge is -2.37. The van der Waals surface area contributed by atoms with Crippen molar-refractivity contribution in [3.8, 4) is 0 Å². The molecule has 7 nitrogen and oxygen atoms in total. The molecule has 0 unspecified atom stereocenters. The molecule has 2 saturated heterocycles. The van der Waals surface area contributed by atoms with Gasteiger partial charge in [-0.25, -0.2) is 4.79 Å². The molecule has 1 aromatic rings. The minimum atomic E-state index is -0.505. The maximum absolute atomic E-state index is 13.1. The number of halogens is 1. The first-order chi connectivity index (χ1) is 14.5. The molecule has 30 heavy (non-hydrogen) atoms. The summed E-state index contributed by atoms with van der Waals surface area (Å²) in [5.41, 5.74) is 0.975. The Morgan fingerprint density at radius 2 is 1.77 bits per heavy atom. The summed E-state index contributed by atoms with van der Waals surface area (Å²) in [5, 5.41) is 2.68. The summed E-state index contributed by atoms with van der Waals surface area (Å²) in [7, 11) is 0. The lowest BCUT2D eigenvalue weighted by Crippen LogP contribution is -2.50. The van der Waals surface area contributed by atoms with Crippen LogP contribution < -0.4 is 10.2 Å². The van der Waals surface area contributed by atoms with Gasteiger partial charge in [0, 0.05) is 51.3 Å². The van der Waals surface area contributed by atoms with Crippen molar-refractivity contribution in [2.45, 2.75) is 38.5 Å². The smallest absolute Gasteiger partial charge is 0.328 e. The summed E-state index contributed by atoms with van der Waals surface area (Å²) in [5.74, 6) is 0.465. The van der Waals surface area contributed by atoms with E-state index >= 15 is 0 Å². The molecule has 8 heteroatoms. The van der Waals surface area contributed by atoms with Gasteiger partial charge in [-0.15, -0.1) is 0 Å². The summed E-state index contributed by atoms with van der Waals surface area (Å²) < 4.78 is 0. The highest BCUT2D eigenvalue weighted by atomic mass is 35.5. The molecule has 4 amide bonds. The van der Waals surface area contributed by atoms with Crippen molar-refractivity contribution in [3.05, 3.63) is 28.8 Å². The van der Waals surface area contributed by atoms with E-state index in [0.717, 1.165) is 25.6 Å². The Morgan fingerprint density at radius 1 is 1.03 bits per heavy atom. The van der Waals surface area contributed by atoms with Crippen LogP contribution in [0.2, 0.25) is 5.02 Å². The number of carbonyl (C=O) groups excluding carboxylic acids is 3. The third kappa shape index (κ3) is 4.78. The first-order valence-corrected chi connectivity index (χ1v) is 11.3.